The lowest BCUT2D eigenvalue weighted by Crippen LogP contribution is -2.08. The second-order valence-electron chi connectivity index (χ2n) is 5.76. The molecule has 1 atom stereocenters. The normalized spacial score (nSPS) is 13.0. The monoisotopic (exact) mass is 394 g/mol. The Bertz CT molecular complexity index is 1060. The number of rotatable bonds is 7. The van der Waals surface area contributed by atoms with Crippen LogP contribution in [0, 0.1) is 0 Å². The maximum absolute atomic E-state index is 11.6. The Kier molecular flexibility index (Phi) is 5.33. The van der Waals surface area contributed by atoms with Gasteiger partial charge in [0, 0.05) is 24.1 Å². The van der Waals surface area contributed by atoms with Crippen molar-refractivity contribution in [2.24, 2.45) is 0 Å². The molecule has 0 aliphatic carbocycles. The minimum Gasteiger partial charge on any atom is -0.491 e. The molecule has 3 aromatic rings. The van der Waals surface area contributed by atoms with Gasteiger partial charge in [-0.15, -0.1) is 0 Å². The Hall–Kier alpha value is -2.33. The summed E-state index contributed by atoms with van der Waals surface area (Å²) >= 11 is 0. The second kappa shape index (κ2) is 7.50. The van der Waals surface area contributed by atoms with Gasteiger partial charge in [0.05, 0.1) is 28.9 Å². The molecule has 2 aromatic heterocycles. The molecule has 0 saturated carbocycles. The van der Waals surface area contributed by atoms with Gasteiger partial charge in [-0.25, -0.2) is 18.4 Å². The average Bonchev–Trinajstić information content (AvgIpc) is 3.03. The van der Waals surface area contributed by atoms with Crippen molar-refractivity contribution < 1.29 is 17.4 Å². The number of aromatic nitrogens is 4. The van der Waals surface area contributed by atoms with E-state index in [1.165, 1.54) is 12.5 Å². The first kappa shape index (κ1) is 18.5. The summed E-state index contributed by atoms with van der Waals surface area (Å²) in [5.74, 6) is 0.665. The number of para-hydroxylation sites is 1. The van der Waals surface area contributed by atoms with E-state index in [0.717, 1.165) is 5.39 Å². The van der Waals surface area contributed by atoms with Crippen molar-refractivity contribution in [3.8, 4) is 17.1 Å². The summed E-state index contributed by atoms with van der Waals surface area (Å²) in [6.07, 6.45) is 4.68. The highest BCUT2D eigenvalue weighted by Crippen LogP contribution is 2.30. The molecule has 0 fully saturated rings. The minimum absolute atomic E-state index is 0.0784. The van der Waals surface area contributed by atoms with E-state index in [2.05, 4.69) is 20.2 Å². The highest BCUT2D eigenvalue weighted by atomic mass is 32.2. The van der Waals surface area contributed by atoms with Crippen molar-refractivity contribution >= 4 is 31.5 Å². The molecule has 1 N–H and O–H groups in total. The molecule has 0 spiro atoms. The number of nitrogens with one attached hydrogen (secondary N) is 1. The number of ether oxygens (including phenoxy) is 1. The lowest BCUT2D eigenvalue weighted by Gasteiger charge is -2.06. The molecule has 0 aliphatic heterocycles. The van der Waals surface area contributed by atoms with Crippen LogP contribution in [0.2, 0.25) is 0 Å². The van der Waals surface area contributed by atoms with Crippen LogP contribution in [-0.4, -0.2) is 57.7 Å². The van der Waals surface area contributed by atoms with Crippen LogP contribution in [0.15, 0.2) is 35.6 Å². The van der Waals surface area contributed by atoms with Gasteiger partial charge in [-0.1, -0.05) is 12.1 Å². The van der Waals surface area contributed by atoms with Crippen molar-refractivity contribution in [2.75, 3.05) is 24.9 Å². The third-order valence-electron chi connectivity index (χ3n) is 3.61. The van der Waals surface area contributed by atoms with Crippen LogP contribution in [0.4, 0.5) is 0 Å². The maximum Gasteiger partial charge on any atom is 0.218 e. The van der Waals surface area contributed by atoms with E-state index in [9.17, 15) is 12.6 Å². The summed E-state index contributed by atoms with van der Waals surface area (Å²) in [7, 11) is -4.29. The molecule has 0 amide bonds. The number of hydrogen-bond donors (Lipinski definition) is 1. The fourth-order valence-corrected chi connectivity index (χ4v) is 3.52. The summed E-state index contributed by atoms with van der Waals surface area (Å²) in [5, 5.41) is 8.28. The van der Waals surface area contributed by atoms with Crippen molar-refractivity contribution in [3.63, 3.8) is 0 Å². The standard InChI is InChI=1S/C16H18N4O4S2/c1-25(21)16-17-8-7-12(18-16)14-11-5-3-6-13(15(11)20-19-14)24-9-4-10-26(2,22)23/h3,5-8H,4,9-10H2,1-2H3,(H,19,20). The number of fused-ring (bicyclic) bond motifs is 1. The molecule has 2 heterocycles. The molecule has 0 aliphatic rings. The van der Waals surface area contributed by atoms with E-state index >= 15 is 0 Å². The van der Waals surface area contributed by atoms with Crippen LogP contribution in [0.1, 0.15) is 6.42 Å². The van der Waals surface area contributed by atoms with E-state index in [-0.39, 0.29) is 17.5 Å². The SMILES string of the molecule is CS(=O)c1nccc(-c2n[nH]c3c(OCCCS(C)(=O)=O)cccc23)n1. The van der Waals surface area contributed by atoms with Gasteiger partial charge in [-0.2, -0.15) is 5.10 Å². The molecule has 8 nitrogen and oxygen atoms in total. The van der Waals surface area contributed by atoms with Crippen molar-refractivity contribution in [1.29, 1.82) is 0 Å². The third kappa shape index (κ3) is 4.25. The third-order valence-corrected chi connectivity index (χ3v) is 5.35. The molecule has 138 valence electrons. The number of sulfone groups is 1. The summed E-state index contributed by atoms with van der Waals surface area (Å²) in [6, 6.07) is 7.19. The van der Waals surface area contributed by atoms with Crippen LogP contribution in [0.5, 0.6) is 5.75 Å². The fraction of sp³-hybridized carbons (Fsp3) is 0.312. The number of aromatic amines is 1. The summed E-state index contributed by atoms with van der Waals surface area (Å²) in [4.78, 5) is 8.29. The lowest BCUT2D eigenvalue weighted by molar-refractivity contribution is 0.321. The van der Waals surface area contributed by atoms with E-state index in [0.29, 0.717) is 29.1 Å². The van der Waals surface area contributed by atoms with Crippen LogP contribution < -0.4 is 4.74 Å². The van der Waals surface area contributed by atoms with Gasteiger partial charge in [-0.05, 0) is 18.6 Å². The summed E-state index contributed by atoms with van der Waals surface area (Å²) < 4.78 is 39.7. The lowest BCUT2D eigenvalue weighted by atomic mass is 10.1. The molecule has 1 aromatic carbocycles. The summed E-state index contributed by atoms with van der Waals surface area (Å²) in [5.41, 5.74) is 1.86. The molecular formula is C16H18N4O4S2. The topological polar surface area (TPSA) is 115 Å². The smallest absolute Gasteiger partial charge is 0.218 e. The van der Waals surface area contributed by atoms with Crippen molar-refractivity contribution in [1.82, 2.24) is 20.2 Å². The fourth-order valence-electron chi connectivity index (χ4n) is 2.45. The molecular weight excluding hydrogens is 376 g/mol. The summed E-state index contributed by atoms with van der Waals surface area (Å²) in [6.45, 7) is 0.285. The molecule has 26 heavy (non-hydrogen) atoms. The van der Waals surface area contributed by atoms with E-state index in [1.807, 2.05) is 12.1 Å². The van der Waals surface area contributed by atoms with Gasteiger partial charge in [0.15, 0.2) is 0 Å². The minimum atomic E-state index is -3.00. The highest BCUT2D eigenvalue weighted by Gasteiger charge is 2.14. The first-order chi connectivity index (χ1) is 12.3. The van der Waals surface area contributed by atoms with Crippen molar-refractivity contribution in [2.45, 2.75) is 11.6 Å². The zero-order chi connectivity index (χ0) is 18.7. The first-order valence-corrected chi connectivity index (χ1v) is 11.4. The largest absolute Gasteiger partial charge is 0.491 e. The van der Waals surface area contributed by atoms with Crippen LogP contribution in [0.3, 0.4) is 0 Å². The molecule has 3 rings (SSSR count). The Morgan fingerprint density at radius 1 is 1.27 bits per heavy atom. The van der Waals surface area contributed by atoms with Gasteiger partial charge in [0.25, 0.3) is 0 Å². The molecule has 10 heteroatoms. The molecule has 0 saturated heterocycles. The van der Waals surface area contributed by atoms with Gasteiger partial charge >= 0.3 is 0 Å². The number of benzene rings is 1. The molecule has 0 radical (unpaired) electrons. The predicted octanol–water partition coefficient (Wildman–Crippen LogP) is 1.57. The Labute approximate surface area is 153 Å². The van der Waals surface area contributed by atoms with Crippen LogP contribution in [0.25, 0.3) is 22.3 Å². The van der Waals surface area contributed by atoms with E-state index < -0.39 is 20.6 Å². The van der Waals surface area contributed by atoms with Crippen LogP contribution >= 0.6 is 0 Å². The average molecular weight is 394 g/mol. The maximum atomic E-state index is 11.6. The number of H-pyrrole nitrogens is 1. The Morgan fingerprint density at radius 2 is 2.08 bits per heavy atom. The van der Waals surface area contributed by atoms with Gasteiger partial charge in [0.1, 0.15) is 26.8 Å². The number of nitrogens with zero attached hydrogens (tertiary/aromatic N) is 3. The molecule has 0 bridgehead atoms. The highest BCUT2D eigenvalue weighted by molar-refractivity contribution is 7.90. The van der Waals surface area contributed by atoms with Gasteiger partial charge < -0.3 is 4.74 Å². The Morgan fingerprint density at radius 3 is 2.81 bits per heavy atom. The predicted molar refractivity (Wildman–Crippen MR) is 99.3 cm³/mol. The van der Waals surface area contributed by atoms with E-state index in [1.54, 1.807) is 18.3 Å². The first-order valence-electron chi connectivity index (χ1n) is 7.79. The zero-order valence-electron chi connectivity index (χ0n) is 14.3. The quantitative estimate of drug-likeness (QED) is 0.478. The van der Waals surface area contributed by atoms with Crippen LogP contribution in [-0.2, 0) is 20.6 Å². The Balaban J connectivity index is 1.87. The van der Waals surface area contributed by atoms with Gasteiger partial charge in [-0.3, -0.25) is 9.31 Å². The number of hydrogen-bond acceptors (Lipinski definition) is 7. The van der Waals surface area contributed by atoms with Gasteiger partial charge in [0.2, 0.25) is 5.16 Å². The zero-order valence-corrected chi connectivity index (χ0v) is 15.9. The van der Waals surface area contributed by atoms with E-state index in [4.69, 9.17) is 4.74 Å². The second-order valence-corrected chi connectivity index (χ2v) is 9.29. The van der Waals surface area contributed by atoms with Crippen molar-refractivity contribution in [3.05, 3.63) is 30.5 Å². The molecule has 1 unspecified atom stereocenters.